The first-order chi connectivity index (χ1) is 15.2. The van der Waals surface area contributed by atoms with Gasteiger partial charge in [-0.1, -0.05) is 13.3 Å². The van der Waals surface area contributed by atoms with Crippen LogP contribution in [0, 0.1) is 5.92 Å². The normalized spacial score (nSPS) is 22.5. The van der Waals surface area contributed by atoms with Gasteiger partial charge >= 0.3 is 0 Å². The number of ether oxygens (including phenoxy) is 1. The van der Waals surface area contributed by atoms with E-state index in [1.807, 2.05) is 12.1 Å². The molecule has 0 aromatic heterocycles. The Morgan fingerprint density at radius 3 is 2.52 bits per heavy atom. The van der Waals surface area contributed by atoms with Crippen molar-refractivity contribution in [2.45, 2.75) is 70.8 Å². The van der Waals surface area contributed by atoms with Gasteiger partial charge in [-0.25, -0.2) is 0 Å². The van der Waals surface area contributed by atoms with Crippen molar-refractivity contribution in [3.63, 3.8) is 0 Å². The molecular formula is C26H41N3O2. The van der Waals surface area contributed by atoms with E-state index in [0.717, 1.165) is 56.4 Å². The number of piperidine rings is 1. The quantitative estimate of drug-likeness (QED) is 0.458. The predicted molar refractivity (Wildman–Crippen MR) is 127 cm³/mol. The average molecular weight is 428 g/mol. The smallest absolute Gasteiger partial charge is 0.227 e. The molecule has 0 radical (unpaired) electrons. The molecule has 0 spiro atoms. The Balaban J connectivity index is 1.27. The lowest BCUT2D eigenvalue weighted by Gasteiger charge is -2.31. The lowest BCUT2D eigenvalue weighted by atomic mass is 10.1. The molecule has 1 aromatic carbocycles. The maximum absolute atomic E-state index is 12.7. The Kier molecular flexibility index (Phi) is 8.26. The summed E-state index contributed by atoms with van der Waals surface area (Å²) in [7, 11) is 0. The Bertz CT molecular complexity index is 682. The zero-order chi connectivity index (χ0) is 21.5. The van der Waals surface area contributed by atoms with Crippen LogP contribution in [-0.2, 0) is 4.79 Å². The number of carbonyl (C=O) groups excluding carboxylic acids is 1. The zero-order valence-corrected chi connectivity index (χ0v) is 19.4. The summed E-state index contributed by atoms with van der Waals surface area (Å²) in [6.45, 7) is 9.99. The van der Waals surface area contributed by atoms with Crippen LogP contribution in [0.15, 0.2) is 24.3 Å². The first-order valence-electron chi connectivity index (χ1n) is 12.7. The molecule has 1 amide bonds. The van der Waals surface area contributed by atoms with Crippen LogP contribution in [0.4, 0.5) is 5.69 Å². The van der Waals surface area contributed by atoms with Crippen molar-refractivity contribution >= 4 is 11.6 Å². The number of hydrogen-bond donors (Lipinski definition) is 0. The molecule has 2 saturated heterocycles. The minimum absolute atomic E-state index is 0.267. The largest absolute Gasteiger partial charge is 0.494 e. The molecule has 5 nitrogen and oxygen atoms in total. The molecule has 5 heteroatoms. The summed E-state index contributed by atoms with van der Waals surface area (Å²) >= 11 is 0. The first kappa shape index (κ1) is 22.6. The molecule has 1 aliphatic carbocycles. The average Bonchev–Trinajstić information content (AvgIpc) is 3.53. The third kappa shape index (κ3) is 6.69. The second kappa shape index (κ2) is 11.3. The standard InChI is InChI=1S/C26H41N3O2/c1-2-15-28(20-22-7-8-22)21-24-11-14-26(30)29(24)23-9-12-25(13-10-23)31-19-6-18-27-16-4-3-5-17-27/h9-10,12-13,22,24H,2-8,11,14-21H2,1H3/t24-/m0/s1. The van der Waals surface area contributed by atoms with Gasteiger partial charge in [-0.2, -0.15) is 0 Å². The lowest BCUT2D eigenvalue weighted by molar-refractivity contribution is -0.117. The monoisotopic (exact) mass is 427 g/mol. The van der Waals surface area contributed by atoms with Crippen molar-refractivity contribution in [2.75, 3.05) is 50.8 Å². The van der Waals surface area contributed by atoms with Crippen LogP contribution in [0.2, 0.25) is 0 Å². The number of benzene rings is 1. The van der Waals surface area contributed by atoms with Crippen LogP contribution < -0.4 is 9.64 Å². The first-order valence-corrected chi connectivity index (χ1v) is 12.7. The van der Waals surface area contributed by atoms with E-state index >= 15 is 0 Å². The van der Waals surface area contributed by atoms with Crippen molar-refractivity contribution in [1.82, 2.24) is 9.80 Å². The number of carbonyl (C=O) groups is 1. The highest BCUT2D eigenvalue weighted by atomic mass is 16.5. The molecule has 1 atom stereocenters. The molecule has 0 unspecified atom stereocenters. The summed E-state index contributed by atoms with van der Waals surface area (Å²) in [5, 5.41) is 0. The number of anilines is 1. The van der Waals surface area contributed by atoms with E-state index < -0.39 is 0 Å². The highest BCUT2D eigenvalue weighted by Gasteiger charge is 2.34. The SMILES string of the molecule is CCCN(CC1CC1)C[C@@H]1CCC(=O)N1c1ccc(OCCCN2CCCCC2)cc1. The summed E-state index contributed by atoms with van der Waals surface area (Å²) in [6, 6.07) is 8.51. The van der Waals surface area contributed by atoms with Gasteiger partial charge in [-0.3, -0.25) is 4.79 Å². The second-order valence-electron chi connectivity index (χ2n) is 9.76. The third-order valence-electron chi connectivity index (χ3n) is 7.00. The van der Waals surface area contributed by atoms with E-state index in [9.17, 15) is 4.79 Å². The van der Waals surface area contributed by atoms with Gasteiger partial charge in [0.25, 0.3) is 0 Å². The van der Waals surface area contributed by atoms with E-state index in [2.05, 4.69) is 33.8 Å². The number of nitrogens with zero attached hydrogens (tertiary/aromatic N) is 3. The van der Waals surface area contributed by atoms with E-state index in [-0.39, 0.29) is 5.91 Å². The molecule has 2 aliphatic heterocycles. The molecule has 0 bridgehead atoms. The number of amides is 1. The van der Waals surface area contributed by atoms with Crippen LogP contribution in [0.3, 0.4) is 0 Å². The van der Waals surface area contributed by atoms with Crippen LogP contribution in [0.1, 0.15) is 64.7 Å². The fourth-order valence-electron chi connectivity index (χ4n) is 5.17. The van der Waals surface area contributed by atoms with Crippen molar-refractivity contribution in [2.24, 2.45) is 5.92 Å². The van der Waals surface area contributed by atoms with Crippen LogP contribution in [0.5, 0.6) is 5.75 Å². The van der Waals surface area contributed by atoms with Gasteiger partial charge in [-0.15, -0.1) is 0 Å². The molecule has 4 rings (SSSR count). The van der Waals surface area contributed by atoms with E-state index in [4.69, 9.17) is 4.74 Å². The third-order valence-corrected chi connectivity index (χ3v) is 7.00. The Morgan fingerprint density at radius 1 is 1.03 bits per heavy atom. The molecular weight excluding hydrogens is 386 g/mol. The number of hydrogen-bond acceptors (Lipinski definition) is 4. The van der Waals surface area contributed by atoms with Gasteiger partial charge in [-0.05, 0) is 94.8 Å². The fraction of sp³-hybridized carbons (Fsp3) is 0.731. The fourth-order valence-corrected chi connectivity index (χ4v) is 5.17. The van der Waals surface area contributed by atoms with Crippen molar-refractivity contribution < 1.29 is 9.53 Å². The van der Waals surface area contributed by atoms with Gasteiger partial charge in [0, 0.05) is 31.7 Å². The van der Waals surface area contributed by atoms with Crippen molar-refractivity contribution in [3.05, 3.63) is 24.3 Å². The summed E-state index contributed by atoms with van der Waals surface area (Å²) in [6.07, 6.45) is 10.7. The number of likely N-dealkylation sites (tertiary alicyclic amines) is 1. The van der Waals surface area contributed by atoms with Crippen LogP contribution in [-0.4, -0.2) is 67.6 Å². The van der Waals surface area contributed by atoms with E-state index in [1.165, 1.54) is 58.2 Å². The Hall–Kier alpha value is -1.59. The minimum atomic E-state index is 0.267. The van der Waals surface area contributed by atoms with Gasteiger partial charge in [0.05, 0.1) is 12.6 Å². The van der Waals surface area contributed by atoms with E-state index in [0.29, 0.717) is 12.5 Å². The molecule has 3 aliphatic rings. The molecule has 2 heterocycles. The molecule has 1 saturated carbocycles. The van der Waals surface area contributed by atoms with E-state index in [1.54, 1.807) is 0 Å². The predicted octanol–water partition coefficient (Wildman–Crippen LogP) is 4.56. The topological polar surface area (TPSA) is 36.0 Å². The maximum Gasteiger partial charge on any atom is 0.227 e. The summed E-state index contributed by atoms with van der Waals surface area (Å²) < 4.78 is 5.98. The molecule has 3 fully saturated rings. The van der Waals surface area contributed by atoms with Gasteiger partial charge in [0.15, 0.2) is 0 Å². The summed E-state index contributed by atoms with van der Waals surface area (Å²) in [5.74, 6) is 2.07. The highest BCUT2D eigenvalue weighted by molar-refractivity contribution is 5.96. The lowest BCUT2D eigenvalue weighted by Crippen LogP contribution is -2.43. The van der Waals surface area contributed by atoms with Gasteiger partial charge in [0.1, 0.15) is 5.75 Å². The number of rotatable bonds is 12. The Morgan fingerprint density at radius 2 is 1.81 bits per heavy atom. The highest BCUT2D eigenvalue weighted by Crippen LogP contribution is 2.32. The van der Waals surface area contributed by atoms with Gasteiger partial charge < -0.3 is 19.4 Å². The Labute approximate surface area is 188 Å². The summed E-state index contributed by atoms with van der Waals surface area (Å²) in [4.78, 5) is 19.9. The second-order valence-corrected chi connectivity index (χ2v) is 9.76. The molecule has 172 valence electrons. The van der Waals surface area contributed by atoms with Crippen molar-refractivity contribution in [1.29, 1.82) is 0 Å². The van der Waals surface area contributed by atoms with Crippen LogP contribution in [0.25, 0.3) is 0 Å². The van der Waals surface area contributed by atoms with Crippen molar-refractivity contribution in [3.8, 4) is 5.75 Å². The molecule has 31 heavy (non-hydrogen) atoms. The molecule has 1 aromatic rings. The summed E-state index contributed by atoms with van der Waals surface area (Å²) in [5.41, 5.74) is 1.02. The molecule has 0 N–H and O–H groups in total. The maximum atomic E-state index is 12.7. The minimum Gasteiger partial charge on any atom is -0.494 e. The van der Waals surface area contributed by atoms with Crippen LogP contribution >= 0.6 is 0 Å². The van der Waals surface area contributed by atoms with Gasteiger partial charge in [0.2, 0.25) is 5.91 Å². The zero-order valence-electron chi connectivity index (χ0n) is 19.4.